The Balaban J connectivity index is 1.44. The SMILES string of the molecule is CN=C(NCc1ccc(OC2CCCC2)nc1)NCc1ncc(C)s1. The number of guanidine groups is 1. The van der Waals surface area contributed by atoms with E-state index in [9.17, 15) is 0 Å². The van der Waals surface area contributed by atoms with Gasteiger partial charge in [0.1, 0.15) is 11.1 Å². The molecule has 2 aromatic rings. The summed E-state index contributed by atoms with van der Waals surface area (Å²) in [7, 11) is 1.76. The molecular formula is C18H25N5OS. The van der Waals surface area contributed by atoms with E-state index in [2.05, 4.69) is 32.5 Å². The molecule has 1 aliphatic carbocycles. The summed E-state index contributed by atoms with van der Waals surface area (Å²) in [4.78, 5) is 14.2. The smallest absolute Gasteiger partial charge is 0.213 e. The minimum absolute atomic E-state index is 0.342. The van der Waals surface area contributed by atoms with Gasteiger partial charge < -0.3 is 15.4 Å². The zero-order chi connectivity index (χ0) is 17.5. The Kier molecular flexibility index (Phi) is 6.22. The van der Waals surface area contributed by atoms with Gasteiger partial charge in [-0.15, -0.1) is 11.3 Å². The van der Waals surface area contributed by atoms with Crippen LogP contribution in [0.4, 0.5) is 0 Å². The van der Waals surface area contributed by atoms with Crippen molar-refractivity contribution in [1.82, 2.24) is 20.6 Å². The molecule has 7 heteroatoms. The highest BCUT2D eigenvalue weighted by atomic mass is 32.1. The molecule has 2 heterocycles. The fourth-order valence-corrected chi connectivity index (χ4v) is 3.54. The molecule has 0 spiro atoms. The predicted molar refractivity (Wildman–Crippen MR) is 101 cm³/mol. The molecule has 0 aliphatic heterocycles. The number of aliphatic imine (C=N–C) groups is 1. The lowest BCUT2D eigenvalue weighted by Gasteiger charge is -2.13. The molecular weight excluding hydrogens is 334 g/mol. The Bertz CT molecular complexity index is 692. The number of rotatable bonds is 6. The van der Waals surface area contributed by atoms with E-state index >= 15 is 0 Å². The maximum Gasteiger partial charge on any atom is 0.213 e. The van der Waals surface area contributed by atoms with E-state index in [4.69, 9.17) is 4.74 Å². The van der Waals surface area contributed by atoms with Crippen molar-refractivity contribution < 1.29 is 4.74 Å². The lowest BCUT2D eigenvalue weighted by Crippen LogP contribution is -2.36. The molecule has 0 saturated heterocycles. The summed E-state index contributed by atoms with van der Waals surface area (Å²) < 4.78 is 5.89. The molecule has 1 aliphatic rings. The van der Waals surface area contributed by atoms with E-state index in [0.717, 1.165) is 35.3 Å². The summed E-state index contributed by atoms with van der Waals surface area (Å²) in [5.74, 6) is 1.47. The fourth-order valence-electron chi connectivity index (χ4n) is 2.81. The van der Waals surface area contributed by atoms with Gasteiger partial charge in [-0.05, 0) is 38.2 Å². The van der Waals surface area contributed by atoms with Crippen molar-refractivity contribution in [3.63, 3.8) is 0 Å². The maximum absolute atomic E-state index is 5.89. The second kappa shape index (κ2) is 8.80. The van der Waals surface area contributed by atoms with Crippen LogP contribution in [0.2, 0.25) is 0 Å². The topological polar surface area (TPSA) is 71.4 Å². The Morgan fingerprint density at radius 3 is 2.64 bits per heavy atom. The highest BCUT2D eigenvalue weighted by molar-refractivity contribution is 7.11. The van der Waals surface area contributed by atoms with E-state index in [1.807, 2.05) is 24.5 Å². The van der Waals surface area contributed by atoms with Crippen molar-refractivity contribution in [2.75, 3.05) is 7.05 Å². The van der Waals surface area contributed by atoms with Gasteiger partial charge in [0.2, 0.25) is 5.88 Å². The maximum atomic E-state index is 5.89. The number of aryl methyl sites for hydroxylation is 1. The zero-order valence-corrected chi connectivity index (χ0v) is 15.6. The Hall–Kier alpha value is -2.15. The number of hydrogen-bond donors (Lipinski definition) is 2. The molecule has 0 aromatic carbocycles. The average molecular weight is 359 g/mol. The molecule has 2 aromatic heterocycles. The van der Waals surface area contributed by atoms with Crippen molar-refractivity contribution in [2.24, 2.45) is 4.99 Å². The quantitative estimate of drug-likeness (QED) is 0.613. The van der Waals surface area contributed by atoms with Gasteiger partial charge in [-0.25, -0.2) is 9.97 Å². The van der Waals surface area contributed by atoms with Crippen LogP contribution in [0.1, 0.15) is 41.1 Å². The van der Waals surface area contributed by atoms with Crippen LogP contribution in [-0.2, 0) is 13.1 Å². The van der Waals surface area contributed by atoms with Crippen molar-refractivity contribution in [3.8, 4) is 5.88 Å². The molecule has 3 rings (SSSR count). The number of aromatic nitrogens is 2. The Labute approximate surface area is 152 Å². The van der Waals surface area contributed by atoms with Crippen molar-refractivity contribution >= 4 is 17.3 Å². The Morgan fingerprint density at radius 2 is 2.00 bits per heavy atom. The molecule has 25 heavy (non-hydrogen) atoms. The normalized spacial score (nSPS) is 15.4. The number of thiazole rings is 1. The second-order valence-corrected chi connectivity index (χ2v) is 7.49. The van der Waals surface area contributed by atoms with Crippen LogP contribution in [0.25, 0.3) is 0 Å². The van der Waals surface area contributed by atoms with Gasteiger partial charge >= 0.3 is 0 Å². The van der Waals surface area contributed by atoms with Crippen LogP contribution in [0.15, 0.2) is 29.5 Å². The first kappa shape index (κ1) is 17.7. The predicted octanol–water partition coefficient (Wildman–Crippen LogP) is 3.03. The summed E-state index contributed by atoms with van der Waals surface area (Å²) in [6, 6.07) is 3.99. The standard InChI is InChI=1S/C18H25N5OS/c1-13-9-21-17(25-13)12-23-18(19-2)22-11-14-7-8-16(20-10-14)24-15-5-3-4-6-15/h7-10,15H,3-6,11-12H2,1-2H3,(H2,19,22,23). The molecule has 2 N–H and O–H groups in total. The van der Waals surface area contributed by atoms with Gasteiger partial charge in [-0.2, -0.15) is 0 Å². The largest absolute Gasteiger partial charge is 0.474 e. The minimum Gasteiger partial charge on any atom is -0.474 e. The molecule has 1 saturated carbocycles. The van der Waals surface area contributed by atoms with Gasteiger partial charge in [0, 0.05) is 36.9 Å². The minimum atomic E-state index is 0.342. The molecule has 0 radical (unpaired) electrons. The first-order chi connectivity index (χ1) is 12.2. The van der Waals surface area contributed by atoms with E-state index in [0.29, 0.717) is 19.2 Å². The number of ether oxygens (including phenoxy) is 1. The number of pyridine rings is 1. The molecule has 0 unspecified atom stereocenters. The highest BCUT2D eigenvalue weighted by Gasteiger charge is 2.16. The van der Waals surface area contributed by atoms with Gasteiger partial charge in [0.15, 0.2) is 5.96 Å². The van der Waals surface area contributed by atoms with Crippen molar-refractivity contribution in [1.29, 1.82) is 0 Å². The third kappa shape index (κ3) is 5.42. The van der Waals surface area contributed by atoms with Gasteiger partial charge in [-0.3, -0.25) is 4.99 Å². The summed E-state index contributed by atoms with van der Waals surface area (Å²) in [6.45, 7) is 3.39. The van der Waals surface area contributed by atoms with Crippen molar-refractivity contribution in [2.45, 2.75) is 51.8 Å². The lowest BCUT2D eigenvalue weighted by atomic mass is 10.3. The Morgan fingerprint density at radius 1 is 1.20 bits per heavy atom. The van der Waals surface area contributed by atoms with Crippen molar-refractivity contribution in [3.05, 3.63) is 40.0 Å². The zero-order valence-electron chi connectivity index (χ0n) is 14.8. The van der Waals surface area contributed by atoms with Crippen LogP contribution in [0.3, 0.4) is 0 Å². The molecule has 0 bridgehead atoms. The first-order valence-electron chi connectivity index (χ1n) is 8.70. The summed E-state index contributed by atoms with van der Waals surface area (Å²) >= 11 is 1.69. The van der Waals surface area contributed by atoms with Crippen LogP contribution in [-0.4, -0.2) is 29.1 Å². The van der Waals surface area contributed by atoms with E-state index in [1.165, 1.54) is 17.7 Å². The molecule has 6 nitrogen and oxygen atoms in total. The number of hydrogen-bond acceptors (Lipinski definition) is 5. The summed E-state index contributed by atoms with van der Waals surface area (Å²) in [5, 5.41) is 7.61. The van der Waals surface area contributed by atoms with E-state index in [-0.39, 0.29) is 0 Å². The summed E-state index contributed by atoms with van der Waals surface area (Å²) in [5.41, 5.74) is 1.09. The van der Waals surface area contributed by atoms with E-state index < -0.39 is 0 Å². The van der Waals surface area contributed by atoms with Crippen LogP contribution in [0.5, 0.6) is 5.88 Å². The average Bonchev–Trinajstić information content (AvgIpc) is 3.28. The lowest BCUT2D eigenvalue weighted by molar-refractivity contribution is 0.201. The van der Waals surface area contributed by atoms with Crippen LogP contribution < -0.4 is 15.4 Å². The molecule has 134 valence electrons. The molecule has 0 amide bonds. The second-order valence-electron chi connectivity index (χ2n) is 6.17. The summed E-state index contributed by atoms with van der Waals surface area (Å²) in [6.07, 6.45) is 8.90. The van der Waals surface area contributed by atoms with Crippen LogP contribution in [0, 0.1) is 6.92 Å². The monoisotopic (exact) mass is 359 g/mol. The van der Waals surface area contributed by atoms with Gasteiger partial charge in [-0.1, -0.05) is 6.07 Å². The number of nitrogens with zero attached hydrogens (tertiary/aromatic N) is 3. The number of nitrogens with one attached hydrogen (secondary N) is 2. The van der Waals surface area contributed by atoms with Gasteiger partial charge in [0.25, 0.3) is 0 Å². The highest BCUT2D eigenvalue weighted by Crippen LogP contribution is 2.22. The fraction of sp³-hybridized carbons (Fsp3) is 0.500. The third-order valence-electron chi connectivity index (χ3n) is 4.15. The first-order valence-corrected chi connectivity index (χ1v) is 9.52. The third-order valence-corrected chi connectivity index (χ3v) is 5.06. The van der Waals surface area contributed by atoms with Crippen LogP contribution >= 0.6 is 11.3 Å². The molecule has 1 fully saturated rings. The van der Waals surface area contributed by atoms with Gasteiger partial charge in [0.05, 0.1) is 6.54 Å². The molecule has 0 atom stereocenters. The van der Waals surface area contributed by atoms with E-state index in [1.54, 1.807) is 18.4 Å².